The van der Waals surface area contributed by atoms with Crippen LogP contribution in [0.3, 0.4) is 0 Å². The van der Waals surface area contributed by atoms with Gasteiger partial charge < -0.3 is 228 Å². The molecular formula is C60H92O51. The van der Waals surface area contributed by atoms with Crippen molar-refractivity contribution in [3.8, 4) is 0 Å². The van der Waals surface area contributed by atoms with Gasteiger partial charge in [-0.15, -0.1) is 0 Å². The Morgan fingerprint density at radius 2 is 0.351 bits per heavy atom. The summed E-state index contributed by atoms with van der Waals surface area (Å²) >= 11 is 0. The first kappa shape index (κ1) is 89.1. The minimum atomic E-state index is -2.65. The van der Waals surface area contributed by atoms with Crippen molar-refractivity contribution in [1.82, 2.24) is 0 Å². The van der Waals surface area contributed by atoms with Crippen LogP contribution in [0.5, 0.6) is 0 Å². The highest BCUT2D eigenvalue weighted by atomic mass is 16.8. The largest absolute Gasteiger partial charge is 0.479 e. The standard InChI is InChI=1S/C60H92O51/c1-6-11(61)17(67)37(51(92)93-6)103-53-28(78)23(73)32(42(108-53)47(84)85)98-58-39(19(69)13(63)8(3)95-58)105-55-30(80)25(75)34(44(110-55)49(88)89)100-60-41(21(71)15(65)10(5)97-60)107-56-31(81)26(76)35(45(111-56)50(90)91)101-59-40(20(70)14(64)9(4)96-59)106-54-29(79)24(74)33(43(109-54)48(86)87)99-57-38(18(68)12(62)7(2)94-57)104-52-27(77)16(66)22(72)36(102-52)46(82)83/h6-45,51-81,92H,1-5H3,(H,82,83)(H,84,85)(H,86,87)(H,88,89)(H,90,91)/t6-,7-,8-,9-,10-,11-,12-,13-,14-,15-,16-,17+,18+,19+,20+,21+,22+,23+,24+,25+,26+,27+,28+,29+,30+,31+,32+,33+,34+,35+,36-,37+,38+,39+,40+,41+,42-,43-,44-,45-,51-,52+,53-,54-,55-,56-,57-,58-,59-,60-/m0/s1. The monoisotopic (exact) mass is 1630 g/mol. The van der Waals surface area contributed by atoms with Gasteiger partial charge in [0.05, 0.1) is 30.5 Å². The molecule has 50 atom stereocenters. The molecule has 0 bridgehead atoms. The molecule has 111 heavy (non-hydrogen) atoms. The highest BCUT2D eigenvalue weighted by molar-refractivity contribution is 5.75. The molecule has 638 valence electrons. The fraction of sp³-hybridized carbons (Fsp3) is 0.917. The van der Waals surface area contributed by atoms with Crippen molar-refractivity contribution in [2.45, 2.75) is 342 Å². The van der Waals surface area contributed by atoms with E-state index in [0.29, 0.717) is 0 Å². The minimum absolute atomic E-state index is 1.09. The average Bonchev–Trinajstić information content (AvgIpc) is 0.769. The quantitative estimate of drug-likeness (QED) is 0.0452. The SMILES string of the molecule is C[C@@H]1O[C@H](O)[C@H](O[C@H]2O[C@H](C(=O)O)[C@H](O[C@@H]3O[C@@H](C)[C@H](O)[C@@H](O)[C@H]3O[C@H]3O[C@H](C(=O)O)[C@H](O[C@@H]4O[C@@H](C)[C@H](O)[C@@H](O)[C@H]4O[C@H]4O[C@H](C(=O)O)[C@H](O[C@@H]5O[C@@H](C)[C@H](O)[C@@H](O)[C@H]5O[C@H]5O[C@H](C(=O)O)[C@H](O[C@@H]6O[C@@H](C)[C@H](O)[C@@H](O)[C@H]6O[C@H]6O[C@H](C(=O)O)[C@H](O)[C@H](O)[C@H]6O)[C@H](O)[C@H]5O)[C@H](O)[C@H]4O)[C@H](O)[C@H]3O)[C@H](O)[C@H]2O)[C@H](O)[C@H]1O. The van der Waals surface area contributed by atoms with Gasteiger partial charge in [-0.3, -0.25) is 0 Å². The number of rotatable bonds is 23. The van der Waals surface area contributed by atoms with E-state index >= 15 is 0 Å². The molecule has 51 nitrogen and oxygen atoms in total. The summed E-state index contributed by atoms with van der Waals surface area (Å²) in [5.41, 5.74) is 0. The smallest absolute Gasteiger partial charge is 0.335 e. The zero-order chi connectivity index (χ0) is 82.2. The molecule has 0 radical (unpaired) electrons. The molecular weight excluding hydrogens is 1540 g/mol. The second kappa shape index (κ2) is 35.9. The first-order chi connectivity index (χ1) is 51.9. The maximum absolute atomic E-state index is 13.2. The number of hydrogen-bond donors (Lipinski definition) is 27. The van der Waals surface area contributed by atoms with Crippen LogP contribution in [0.15, 0.2) is 0 Å². The second-order valence-electron chi connectivity index (χ2n) is 28.1. The fourth-order valence-corrected chi connectivity index (χ4v) is 14.0. The fourth-order valence-electron chi connectivity index (χ4n) is 14.0. The summed E-state index contributed by atoms with van der Waals surface area (Å²) in [6, 6.07) is 0. The Bertz CT molecular complexity index is 3130. The summed E-state index contributed by atoms with van der Waals surface area (Å²) in [5, 5.41) is 296. The van der Waals surface area contributed by atoms with Crippen molar-refractivity contribution in [2.24, 2.45) is 0 Å². The molecule has 0 aromatic rings. The molecule has 0 aromatic carbocycles. The summed E-state index contributed by atoms with van der Waals surface area (Å²) in [7, 11) is 0. The van der Waals surface area contributed by atoms with E-state index in [1.165, 1.54) is 6.92 Å². The predicted molar refractivity (Wildman–Crippen MR) is 325 cm³/mol. The Hall–Kier alpha value is -4.29. The number of aliphatic carboxylic acids is 5. The lowest BCUT2D eigenvalue weighted by Crippen LogP contribution is -2.69. The zero-order valence-electron chi connectivity index (χ0n) is 58.2. The highest BCUT2D eigenvalue weighted by Gasteiger charge is 2.63. The van der Waals surface area contributed by atoms with E-state index in [-0.39, 0.29) is 0 Å². The van der Waals surface area contributed by atoms with Gasteiger partial charge in [-0.25, -0.2) is 24.0 Å². The molecule has 0 amide bonds. The van der Waals surface area contributed by atoms with Crippen molar-refractivity contribution in [3.63, 3.8) is 0 Å². The van der Waals surface area contributed by atoms with Crippen LogP contribution in [0.1, 0.15) is 34.6 Å². The molecule has 10 heterocycles. The summed E-state index contributed by atoms with van der Waals surface area (Å²) in [6.07, 6.45) is -112. The predicted octanol–water partition coefficient (Wildman–Crippen LogP) is -17.2. The van der Waals surface area contributed by atoms with Gasteiger partial charge >= 0.3 is 29.8 Å². The third kappa shape index (κ3) is 17.9. The van der Waals surface area contributed by atoms with Gasteiger partial charge in [-0.05, 0) is 34.6 Å². The molecule has 0 spiro atoms. The van der Waals surface area contributed by atoms with Gasteiger partial charge in [-0.1, -0.05) is 0 Å². The third-order valence-electron chi connectivity index (χ3n) is 20.5. The van der Waals surface area contributed by atoms with E-state index in [9.17, 15) is 162 Å². The first-order valence-corrected chi connectivity index (χ1v) is 34.4. The van der Waals surface area contributed by atoms with E-state index in [1.54, 1.807) is 0 Å². The van der Waals surface area contributed by atoms with Crippen LogP contribution in [0.2, 0.25) is 0 Å². The van der Waals surface area contributed by atoms with Crippen molar-refractivity contribution in [3.05, 3.63) is 0 Å². The molecule has 0 saturated carbocycles. The summed E-state index contributed by atoms with van der Waals surface area (Å²) in [5.74, 6) is -10.1. The number of aliphatic hydroxyl groups is 22. The van der Waals surface area contributed by atoms with Crippen LogP contribution in [-0.2, 0) is 114 Å². The average molecular weight is 1630 g/mol. The Morgan fingerprint density at radius 1 is 0.180 bits per heavy atom. The van der Waals surface area contributed by atoms with Crippen LogP contribution >= 0.6 is 0 Å². The molecule has 10 aliphatic heterocycles. The molecule has 0 unspecified atom stereocenters. The number of aliphatic hydroxyl groups excluding tert-OH is 22. The van der Waals surface area contributed by atoms with Gasteiger partial charge in [0.15, 0.2) is 93.4 Å². The lowest BCUT2D eigenvalue weighted by molar-refractivity contribution is -0.405. The van der Waals surface area contributed by atoms with Crippen LogP contribution in [0, 0.1) is 0 Å². The second-order valence-corrected chi connectivity index (χ2v) is 28.1. The Balaban J connectivity index is 0.820. The maximum Gasteiger partial charge on any atom is 0.335 e. The van der Waals surface area contributed by atoms with Crippen LogP contribution in [0.25, 0.3) is 0 Å². The van der Waals surface area contributed by atoms with Crippen molar-refractivity contribution < 1.29 is 252 Å². The van der Waals surface area contributed by atoms with E-state index < -0.39 is 337 Å². The number of carboxylic acid groups (broad SMARTS) is 5. The summed E-state index contributed by atoms with van der Waals surface area (Å²) in [4.78, 5) is 63.7. The molecule has 27 N–H and O–H groups in total. The molecule has 10 rings (SSSR count). The summed E-state index contributed by atoms with van der Waals surface area (Å²) < 4.78 is 106. The molecule has 10 fully saturated rings. The van der Waals surface area contributed by atoms with Crippen LogP contribution in [0.4, 0.5) is 0 Å². The first-order valence-electron chi connectivity index (χ1n) is 34.4. The van der Waals surface area contributed by atoms with E-state index in [4.69, 9.17) is 90.0 Å². The Kier molecular flexibility index (Phi) is 28.8. The molecule has 10 aliphatic rings. The van der Waals surface area contributed by atoms with Crippen LogP contribution in [-0.4, -0.2) is 475 Å². The Labute approximate surface area is 622 Å². The van der Waals surface area contributed by atoms with Gasteiger partial charge in [0.25, 0.3) is 0 Å². The number of carbonyl (C=O) groups is 5. The topological polar surface area (TPSA) is 807 Å². The third-order valence-corrected chi connectivity index (χ3v) is 20.5. The van der Waals surface area contributed by atoms with Crippen molar-refractivity contribution in [1.29, 1.82) is 0 Å². The van der Waals surface area contributed by atoms with Gasteiger partial charge in [0.2, 0.25) is 0 Å². The number of carboxylic acids is 5. The normalized spacial score (nSPS) is 53.5. The zero-order valence-corrected chi connectivity index (χ0v) is 58.2. The molecule has 51 heteroatoms. The van der Waals surface area contributed by atoms with Crippen LogP contribution < -0.4 is 0 Å². The van der Waals surface area contributed by atoms with E-state index in [2.05, 4.69) is 0 Å². The number of hydrogen-bond acceptors (Lipinski definition) is 46. The van der Waals surface area contributed by atoms with Gasteiger partial charge in [0.1, 0.15) is 183 Å². The number of ether oxygens (including phenoxy) is 19. The van der Waals surface area contributed by atoms with Crippen molar-refractivity contribution >= 4 is 29.8 Å². The lowest BCUT2D eigenvalue weighted by atomic mass is 9.95. The lowest BCUT2D eigenvalue weighted by Gasteiger charge is -2.50. The highest BCUT2D eigenvalue weighted by Crippen LogP contribution is 2.41. The van der Waals surface area contributed by atoms with Gasteiger partial charge in [-0.2, -0.15) is 0 Å². The molecule has 10 saturated heterocycles. The van der Waals surface area contributed by atoms with Crippen molar-refractivity contribution in [2.75, 3.05) is 0 Å². The minimum Gasteiger partial charge on any atom is -0.479 e. The molecule has 0 aromatic heterocycles. The molecule has 0 aliphatic carbocycles. The maximum atomic E-state index is 13.2. The van der Waals surface area contributed by atoms with Gasteiger partial charge in [0, 0.05) is 0 Å². The van der Waals surface area contributed by atoms with E-state index in [1.807, 2.05) is 0 Å². The Morgan fingerprint density at radius 3 is 0.577 bits per heavy atom. The summed E-state index contributed by atoms with van der Waals surface area (Å²) in [6.45, 7) is 5.74. The van der Waals surface area contributed by atoms with E-state index in [0.717, 1.165) is 27.7 Å².